The van der Waals surface area contributed by atoms with Crippen molar-refractivity contribution in [2.24, 2.45) is 118 Å². The lowest BCUT2D eigenvalue weighted by molar-refractivity contribution is -0.144. The highest BCUT2D eigenvalue weighted by Gasteiger charge is 3.01. The normalized spacial score (nSPS) is 85.6. The summed E-state index contributed by atoms with van der Waals surface area (Å²) in [5.74, 6) is 22.3. The SMILES string of the molecule is CCOC(=O)CCC12C3C4C5C6C7C8C5C3C3C8C5C7C7C6C4C1C7C5C32. The van der Waals surface area contributed by atoms with Crippen LogP contribution in [0.1, 0.15) is 19.8 Å². The molecular weight excluding hydrogens is 332 g/mol. The molecule has 12 aliphatic carbocycles. The maximum Gasteiger partial charge on any atom is 0.305 e. The maximum atomic E-state index is 12.4. The third kappa shape index (κ3) is 0.776. The van der Waals surface area contributed by atoms with Gasteiger partial charge >= 0.3 is 5.97 Å². The van der Waals surface area contributed by atoms with Crippen LogP contribution >= 0.6 is 0 Å². The van der Waals surface area contributed by atoms with E-state index in [0.29, 0.717) is 12.0 Å². The van der Waals surface area contributed by atoms with E-state index in [9.17, 15) is 4.79 Å². The number of esters is 1. The molecule has 12 atom stereocenters. The van der Waals surface area contributed by atoms with Crippen molar-refractivity contribution in [3.8, 4) is 0 Å². The fourth-order valence-electron chi connectivity index (χ4n) is 16.7. The molecule has 2 heteroatoms. The Morgan fingerprint density at radius 3 is 1.30 bits per heavy atom. The van der Waals surface area contributed by atoms with Gasteiger partial charge in [0.2, 0.25) is 0 Å². The van der Waals surface area contributed by atoms with Crippen molar-refractivity contribution < 1.29 is 9.53 Å². The van der Waals surface area contributed by atoms with Crippen LogP contribution in [-0.4, -0.2) is 12.6 Å². The fraction of sp³-hybridized carbons (Fsp3) is 0.960. The van der Waals surface area contributed by atoms with Gasteiger partial charge in [-0.2, -0.15) is 0 Å². The second-order valence-corrected chi connectivity index (χ2v) is 13.2. The minimum Gasteiger partial charge on any atom is -0.466 e. The second-order valence-electron chi connectivity index (χ2n) is 13.2. The highest BCUT2D eigenvalue weighted by Crippen LogP contribution is 3.04. The minimum atomic E-state index is 0.115. The summed E-state index contributed by atoms with van der Waals surface area (Å²) >= 11 is 0. The minimum absolute atomic E-state index is 0.115. The molecule has 12 aliphatic rings. The molecule has 2 nitrogen and oxygen atoms in total. The van der Waals surface area contributed by atoms with Gasteiger partial charge in [-0.05, 0) is 131 Å². The van der Waals surface area contributed by atoms with E-state index in [2.05, 4.69) is 0 Å². The quantitative estimate of drug-likeness (QED) is 0.720. The van der Waals surface area contributed by atoms with Crippen LogP contribution in [0.25, 0.3) is 0 Å². The lowest BCUT2D eigenvalue weighted by Gasteiger charge is -2.40. The van der Waals surface area contributed by atoms with E-state index in [0.717, 1.165) is 59.7 Å². The Morgan fingerprint density at radius 2 is 0.963 bits per heavy atom. The van der Waals surface area contributed by atoms with Crippen LogP contribution in [0.4, 0.5) is 0 Å². The Bertz CT molecular complexity index is 762. The predicted octanol–water partition coefficient (Wildman–Crippen LogP) is 3.17. The largest absolute Gasteiger partial charge is 0.466 e. The van der Waals surface area contributed by atoms with Crippen LogP contribution in [0, 0.1) is 118 Å². The van der Waals surface area contributed by atoms with Crippen LogP contribution in [0.3, 0.4) is 0 Å². The van der Waals surface area contributed by atoms with E-state index >= 15 is 0 Å². The Hall–Kier alpha value is -0.530. The van der Waals surface area contributed by atoms with Crippen molar-refractivity contribution in [2.45, 2.75) is 19.8 Å². The predicted molar refractivity (Wildman–Crippen MR) is 94.6 cm³/mol. The van der Waals surface area contributed by atoms with Gasteiger partial charge in [0, 0.05) is 6.42 Å². The molecule has 0 amide bonds. The van der Waals surface area contributed by atoms with Crippen LogP contribution in [0.15, 0.2) is 0 Å². The van der Waals surface area contributed by atoms with Gasteiger partial charge in [-0.1, -0.05) is 0 Å². The van der Waals surface area contributed by atoms with E-state index < -0.39 is 0 Å². The summed E-state index contributed by atoms with van der Waals surface area (Å²) in [7, 11) is 0. The van der Waals surface area contributed by atoms with Gasteiger partial charge in [0.25, 0.3) is 0 Å². The zero-order chi connectivity index (χ0) is 16.9. The molecule has 0 aromatic rings. The number of carbonyl (C=O) groups is 1. The van der Waals surface area contributed by atoms with Gasteiger partial charge in [0.1, 0.15) is 0 Å². The lowest BCUT2D eigenvalue weighted by atomic mass is 9.64. The molecule has 0 spiro atoms. The Kier molecular flexibility index (Phi) is 1.51. The van der Waals surface area contributed by atoms with Crippen molar-refractivity contribution in [1.82, 2.24) is 0 Å². The molecule has 12 rings (SSSR count). The van der Waals surface area contributed by atoms with Crippen LogP contribution in [0.5, 0.6) is 0 Å². The van der Waals surface area contributed by atoms with Crippen molar-refractivity contribution in [3.05, 3.63) is 0 Å². The Labute approximate surface area is 160 Å². The molecule has 0 aromatic heterocycles. The number of rotatable bonds is 4. The standard InChI is InChI=1S/C25H28O2/c1-2-27-5(26)3-4-25-22-16-10-7-6-8-12(10)18(22)20-14(8)15-9(6)13-11(7)17(16)23(25)19(13)21(15)24(20)25/h6-24H,2-4H2,1H3. The van der Waals surface area contributed by atoms with Crippen molar-refractivity contribution in [2.75, 3.05) is 6.61 Å². The highest BCUT2D eigenvalue weighted by atomic mass is 16.5. The molecule has 0 bridgehead atoms. The first-order valence-electron chi connectivity index (χ1n) is 12.5. The maximum absolute atomic E-state index is 12.4. The molecule has 0 radical (unpaired) electrons. The lowest BCUT2D eigenvalue weighted by Crippen LogP contribution is -2.36. The summed E-state index contributed by atoms with van der Waals surface area (Å²) in [6, 6.07) is 0. The first-order chi connectivity index (χ1) is 13.3. The van der Waals surface area contributed by atoms with Gasteiger partial charge < -0.3 is 4.74 Å². The summed E-state index contributed by atoms with van der Waals surface area (Å²) in [5, 5.41) is 0. The van der Waals surface area contributed by atoms with Crippen molar-refractivity contribution in [3.63, 3.8) is 0 Å². The number of hydrogen-bond acceptors (Lipinski definition) is 2. The average Bonchev–Trinajstić information content (AvgIpc) is 3.34. The third-order valence-corrected chi connectivity index (χ3v) is 14.8. The van der Waals surface area contributed by atoms with Crippen LogP contribution in [-0.2, 0) is 9.53 Å². The Balaban J connectivity index is 1.20. The monoisotopic (exact) mass is 360 g/mol. The van der Waals surface area contributed by atoms with Crippen LogP contribution in [0.2, 0.25) is 0 Å². The van der Waals surface area contributed by atoms with Crippen molar-refractivity contribution in [1.29, 1.82) is 0 Å². The summed E-state index contributed by atoms with van der Waals surface area (Å²) < 4.78 is 5.42. The van der Waals surface area contributed by atoms with E-state index in [-0.39, 0.29) is 5.97 Å². The zero-order valence-electron chi connectivity index (χ0n) is 15.9. The van der Waals surface area contributed by atoms with Gasteiger partial charge in [0.15, 0.2) is 0 Å². The molecule has 27 heavy (non-hydrogen) atoms. The van der Waals surface area contributed by atoms with Gasteiger partial charge in [-0.15, -0.1) is 0 Å². The fourth-order valence-corrected chi connectivity index (χ4v) is 16.7. The second kappa shape index (κ2) is 3.16. The third-order valence-electron chi connectivity index (χ3n) is 14.8. The molecule has 0 N–H and O–H groups in total. The van der Waals surface area contributed by atoms with E-state index in [1.54, 1.807) is 0 Å². The molecule has 12 unspecified atom stereocenters. The number of ether oxygens (including phenoxy) is 1. The molecule has 12 fully saturated rings. The number of carbonyl (C=O) groups excluding carboxylic acids is 1. The van der Waals surface area contributed by atoms with Crippen LogP contribution < -0.4 is 0 Å². The Morgan fingerprint density at radius 1 is 0.630 bits per heavy atom. The van der Waals surface area contributed by atoms with E-state index in [1.807, 2.05) is 6.92 Å². The molecule has 0 aromatic carbocycles. The van der Waals surface area contributed by atoms with Gasteiger partial charge in [-0.3, -0.25) is 4.79 Å². The molecule has 140 valence electrons. The van der Waals surface area contributed by atoms with E-state index in [4.69, 9.17) is 4.74 Å². The van der Waals surface area contributed by atoms with Crippen molar-refractivity contribution >= 4 is 5.97 Å². The van der Waals surface area contributed by atoms with Gasteiger partial charge in [0.05, 0.1) is 6.61 Å². The molecule has 0 saturated heterocycles. The molecule has 0 heterocycles. The molecule has 12 saturated carbocycles. The highest BCUT2D eigenvalue weighted by molar-refractivity contribution is 5.69. The molecular formula is C25H28O2. The smallest absolute Gasteiger partial charge is 0.305 e. The summed E-state index contributed by atoms with van der Waals surface area (Å²) in [5.41, 5.74) is 0.630. The van der Waals surface area contributed by atoms with Gasteiger partial charge in [-0.25, -0.2) is 0 Å². The number of hydrogen-bond donors (Lipinski definition) is 0. The first-order valence-corrected chi connectivity index (χ1v) is 12.5. The van der Waals surface area contributed by atoms with E-state index in [1.165, 1.54) is 65.6 Å². The topological polar surface area (TPSA) is 26.3 Å². The average molecular weight is 360 g/mol. The summed E-state index contributed by atoms with van der Waals surface area (Å²) in [6.07, 6.45) is 1.98. The zero-order valence-corrected chi connectivity index (χ0v) is 15.9. The first kappa shape index (κ1) is 12.9. The summed E-state index contributed by atoms with van der Waals surface area (Å²) in [4.78, 5) is 12.4. The summed E-state index contributed by atoms with van der Waals surface area (Å²) in [6.45, 7) is 2.53. The molecule has 0 aliphatic heterocycles.